The quantitative estimate of drug-likeness (QED) is 0.352. The minimum absolute atomic E-state index is 0.0371. The SMILES string of the molecule is CC(C)(C)OC(=O)C#CC1CNCCCN1. The van der Waals surface area contributed by atoms with Gasteiger partial charge in [0.25, 0.3) is 0 Å². The van der Waals surface area contributed by atoms with Crippen LogP contribution in [0.5, 0.6) is 0 Å². The van der Waals surface area contributed by atoms with E-state index in [1.54, 1.807) is 0 Å². The Labute approximate surface area is 97.1 Å². The number of hydrogen-bond donors (Lipinski definition) is 2. The fourth-order valence-electron chi connectivity index (χ4n) is 1.36. The molecule has 1 aliphatic heterocycles. The van der Waals surface area contributed by atoms with Gasteiger partial charge in [-0.3, -0.25) is 0 Å². The van der Waals surface area contributed by atoms with Crippen molar-refractivity contribution in [3.63, 3.8) is 0 Å². The minimum atomic E-state index is -0.471. The minimum Gasteiger partial charge on any atom is -0.450 e. The Morgan fingerprint density at radius 2 is 2.12 bits per heavy atom. The molecule has 90 valence electrons. The maximum absolute atomic E-state index is 11.3. The summed E-state index contributed by atoms with van der Waals surface area (Å²) in [6.45, 7) is 8.20. The average Bonchev–Trinajstić information content (AvgIpc) is 2.39. The summed E-state index contributed by atoms with van der Waals surface area (Å²) < 4.78 is 5.10. The number of rotatable bonds is 0. The maximum Gasteiger partial charge on any atom is 0.384 e. The van der Waals surface area contributed by atoms with Crippen LogP contribution in [-0.4, -0.2) is 37.2 Å². The zero-order chi connectivity index (χ0) is 12.0. The Hall–Kier alpha value is -1.05. The first kappa shape index (κ1) is 13.0. The highest BCUT2D eigenvalue weighted by molar-refractivity contribution is 5.88. The van der Waals surface area contributed by atoms with Gasteiger partial charge in [0.2, 0.25) is 0 Å². The molecule has 0 aromatic carbocycles. The van der Waals surface area contributed by atoms with Crippen LogP contribution in [0.2, 0.25) is 0 Å². The summed E-state index contributed by atoms with van der Waals surface area (Å²) in [5.41, 5.74) is -0.471. The molecule has 0 radical (unpaired) electrons. The molecule has 1 aliphatic rings. The summed E-state index contributed by atoms with van der Waals surface area (Å²) in [6.07, 6.45) is 1.09. The molecule has 16 heavy (non-hydrogen) atoms. The topological polar surface area (TPSA) is 50.4 Å². The van der Waals surface area contributed by atoms with Crippen molar-refractivity contribution in [2.75, 3.05) is 19.6 Å². The van der Waals surface area contributed by atoms with Crippen LogP contribution in [0, 0.1) is 11.8 Å². The van der Waals surface area contributed by atoms with E-state index in [1.807, 2.05) is 20.8 Å². The van der Waals surface area contributed by atoms with Crippen molar-refractivity contribution in [2.24, 2.45) is 0 Å². The summed E-state index contributed by atoms with van der Waals surface area (Å²) in [5, 5.41) is 6.51. The lowest BCUT2D eigenvalue weighted by Gasteiger charge is -2.17. The van der Waals surface area contributed by atoms with Gasteiger partial charge >= 0.3 is 5.97 Å². The van der Waals surface area contributed by atoms with Crippen LogP contribution in [-0.2, 0) is 9.53 Å². The number of ether oxygens (including phenoxy) is 1. The standard InChI is InChI=1S/C12H20N2O2/c1-12(2,3)16-11(15)6-5-10-9-13-7-4-8-14-10/h10,13-14H,4,7-9H2,1-3H3. The van der Waals surface area contributed by atoms with Crippen molar-refractivity contribution in [3.05, 3.63) is 0 Å². The van der Waals surface area contributed by atoms with Gasteiger partial charge in [0, 0.05) is 12.5 Å². The third kappa shape index (κ3) is 5.74. The first-order valence-corrected chi connectivity index (χ1v) is 5.66. The van der Waals surface area contributed by atoms with Crippen LogP contribution in [0.15, 0.2) is 0 Å². The highest BCUT2D eigenvalue weighted by atomic mass is 16.6. The molecule has 0 aromatic rings. The van der Waals surface area contributed by atoms with E-state index in [-0.39, 0.29) is 6.04 Å². The van der Waals surface area contributed by atoms with Crippen molar-refractivity contribution in [1.82, 2.24) is 10.6 Å². The number of carbonyl (C=O) groups excluding carboxylic acids is 1. The van der Waals surface area contributed by atoms with Crippen LogP contribution < -0.4 is 10.6 Å². The molecule has 0 aromatic heterocycles. The first-order chi connectivity index (χ1) is 7.47. The molecule has 4 heteroatoms. The second-order valence-electron chi connectivity index (χ2n) is 4.84. The Kier molecular flexibility index (Phi) is 4.78. The van der Waals surface area contributed by atoms with Crippen molar-refractivity contribution >= 4 is 5.97 Å². The summed E-state index contributed by atoms with van der Waals surface area (Å²) >= 11 is 0. The van der Waals surface area contributed by atoms with Gasteiger partial charge in [0.05, 0.1) is 6.04 Å². The predicted molar refractivity (Wildman–Crippen MR) is 62.9 cm³/mol. The fraction of sp³-hybridized carbons (Fsp3) is 0.750. The molecule has 1 heterocycles. The molecule has 1 unspecified atom stereocenters. The highest BCUT2D eigenvalue weighted by Gasteiger charge is 2.14. The average molecular weight is 224 g/mol. The molecule has 4 nitrogen and oxygen atoms in total. The molecule has 1 fully saturated rings. The third-order valence-corrected chi connectivity index (χ3v) is 2.02. The van der Waals surface area contributed by atoms with E-state index in [0.29, 0.717) is 0 Å². The summed E-state index contributed by atoms with van der Waals surface area (Å²) in [4.78, 5) is 11.3. The van der Waals surface area contributed by atoms with Gasteiger partial charge in [-0.05, 0) is 40.3 Å². The van der Waals surface area contributed by atoms with E-state index < -0.39 is 11.6 Å². The fourth-order valence-corrected chi connectivity index (χ4v) is 1.36. The summed E-state index contributed by atoms with van der Waals surface area (Å²) in [6, 6.07) is 0.0371. The Morgan fingerprint density at radius 3 is 2.81 bits per heavy atom. The van der Waals surface area contributed by atoms with Crippen LogP contribution >= 0.6 is 0 Å². The van der Waals surface area contributed by atoms with E-state index >= 15 is 0 Å². The van der Waals surface area contributed by atoms with E-state index in [1.165, 1.54) is 0 Å². The second-order valence-corrected chi connectivity index (χ2v) is 4.84. The molecule has 0 bridgehead atoms. The summed E-state index contributed by atoms with van der Waals surface area (Å²) in [5.74, 6) is 4.95. The van der Waals surface area contributed by atoms with Crippen molar-refractivity contribution < 1.29 is 9.53 Å². The molecule has 2 N–H and O–H groups in total. The van der Waals surface area contributed by atoms with Gasteiger partial charge in [0.1, 0.15) is 5.60 Å². The van der Waals surface area contributed by atoms with Crippen molar-refractivity contribution in [2.45, 2.75) is 38.8 Å². The molecule has 0 aliphatic carbocycles. The zero-order valence-corrected chi connectivity index (χ0v) is 10.2. The largest absolute Gasteiger partial charge is 0.450 e. The van der Waals surface area contributed by atoms with Gasteiger partial charge in [-0.25, -0.2) is 4.79 Å². The van der Waals surface area contributed by atoms with Gasteiger partial charge in [0.15, 0.2) is 0 Å². The van der Waals surface area contributed by atoms with Gasteiger partial charge in [-0.1, -0.05) is 5.92 Å². The van der Waals surface area contributed by atoms with E-state index in [0.717, 1.165) is 26.1 Å². The number of carbonyl (C=O) groups is 1. The number of hydrogen-bond acceptors (Lipinski definition) is 4. The summed E-state index contributed by atoms with van der Waals surface area (Å²) in [7, 11) is 0. The lowest BCUT2D eigenvalue weighted by Crippen LogP contribution is -2.34. The van der Waals surface area contributed by atoms with Crippen molar-refractivity contribution in [1.29, 1.82) is 0 Å². The lowest BCUT2D eigenvalue weighted by molar-refractivity contribution is -0.147. The Balaban J connectivity index is 2.43. The molecule has 0 saturated carbocycles. The van der Waals surface area contributed by atoms with Crippen molar-refractivity contribution in [3.8, 4) is 11.8 Å². The zero-order valence-electron chi connectivity index (χ0n) is 10.2. The first-order valence-electron chi connectivity index (χ1n) is 5.66. The lowest BCUT2D eigenvalue weighted by atomic mass is 10.2. The van der Waals surface area contributed by atoms with E-state index in [4.69, 9.17) is 4.74 Å². The Bertz CT molecular complexity index is 288. The van der Waals surface area contributed by atoms with Crippen LogP contribution in [0.25, 0.3) is 0 Å². The van der Waals surface area contributed by atoms with Gasteiger partial charge < -0.3 is 15.4 Å². The smallest absolute Gasteiger partial charge is 0.384 e. The third-order valence-electron chi connectivity index (χ3n) is 2.02. The number of esters is 1. The molecular formula is C12H20N2O2. The second kappa shape index (κ2) is 5.88. The molecule has 1 saturated heterocycles. The predicted octanol–water partition coefficient (Wildman–Crippen LogP) is 0.283. The van der Waals surface area contributed by atoms with Gasteiger partial charge in [-0.15, -0.1) is 0 Å². The van der Waals surface area contributed by atoms with Crippen LogP contribution in [0.4, 0.5) is 0 Å². The molecule has 1 rings (SSSR count). The number of nitrogens with one attached hydrogen (secondary N) is 2. The monoisotopic (exact) mass is 224 g/mol. The molecule has 0 amide bonds. The van der Waals surface area contributed by atoms with E-state index in [2.05, 4.69) is 22.5 Å². The highest BCUT2D eigenvalue weighted by Crippen LogP contribution is 2.06. The normalized spacial score (nSPS) is 21.6. The van der Waals surface area contributed by atoms with Crippen LogP contribution in [0.1, 0.15) is 27.2 Å². The maximum atomic E-state index is 11.3. The Morgan fingerprint density at radius 1 is 1.38 bits per heavy atom. The van der Waals surface area contributed by atoms with Crippen LogP contribution in [0.3, 0.4) is 0 Å². The van der Waals surface area contributed by atoms with E-state index in [9.17, 15) is 4.79 Å². The molecule has 1 atom stereocenters. The molecular weight excluding hydrogens is 204 g/mol. The molecule has 0 spiro atoms. The van der Waals surface area contributed by atoms with Gasteiger partial charge in [-0.2, -0.15) is 0 Å².